The molecule has 0 unspecified atom stereocenters. The van der Waals surface area contributed by atoms with Crippen molar-refractivity contribution in [1.29, 1.82) is 0 Å². The largest absolute Gasteiger partial charge is 0.394 e. The summed E-state index contributed by atoms with van der Waals surface area (Å²) in [6, 6.07) is 9.75. The quantitative estimate of drug-likeness (QED) is 0.773. The number of aliphatic hydroxyl groups excluding tert-OH is 2. The minimum Gasteiger partial charge on any atom is -0.394 e. The summed E-state index contributed by atoms with van der Waals surface area (Å²) >= 11 is 0. The van der Waals surface area contributed by atoms with E-state index in [4.69, 9.17) is 14.6 Å². The van der Waals surface area contributed by atoms with Gasteiger partial charge in [0.1, 0.15) is 18.3 Å². The SMILES string of the molecule is OC[C@H]1OC[C@@H](OCc2ccccc2)[C@H]1O. The zero-order chi connectivity index (χ0) is 11.4. The van der Waals surface area contributed by atoms with Crippen molar-refractivity contribution in [3.05, 3.63) is 35.9 Å². The van der Waals surface area contributed by atoms with Crippen LogP contribution < -0.4 is 0 Å². The second-order valence-corrected chi connectivity index (χ2v) is 3.88. The first-order valence-corrected chi connectivity index (χ1v) is 5.37. The molecule has 1 heterocycles. The maximum atomic E-state index is 9.72. The molecule has 0 aliphatic carbocycles. The molecular formula is C12H16O4. The Labute approximate surface area is 94.4 Å². The molecule has 0 aromatic heterocycles. The highest BCUT2D eigenvalue weighted by Gasteiger charge is 2.35. The van der Waals surface area contributed by atoms with Crippen LogP contribution in [0.5, 0.6) is 0 Å². The Bertz CT molecular complexity index is 314. The monoisotopic (exact) mass is 224 g/mol. The van der Waals surface area contributed by atoms with E-state index in [2.05, 4.69) is 0 Å². The number of rotatable bonds is 4. The summed E-state index contributed by atoms with van der Waals surface area (Å²) in [5, 5.41) is 18.6. The average Bonchev–Trinajstić information content (AvgIpc) is 2.69. The first-order chi connectivity index (χ1) is 7.81. The van der Waals surface area contributed by atoms with Crippen molar-refractivity contribution < 1.29 is 19.7 Å². The summed E-state index contributed by atoms with van der Waals surface area (Å²) in [4.78, 5) is 0. The summed E-state index contributed by atoms with van der Waals surface area (Å²) < 4.78 is 10.7. The molecular weight excluding hydrogens is 208 g/mol. The number of ether oxygens (including phenoxy) is 2. The third-order valence-electron chi connectivity index (χ3n) is 2.72. The Morgan fingerprint density at radius 2 is 2.06 bits per heavy atom. The zero-order valence-electron chi connectivity index (χ0n) is 8.95. The molecule has 0 radical (unpaired) electrons. The fraction of sp³-hybridized carbons (Fsp3) is 0.500. The highest BCUT2D eigenvalue weighted by atomic mass is 16.6. The first-order valence-electron chi connectivity index (χ1n) is 5.37. The van der Waals surface area contributed by atoms with Gasteiger partial charge in [0.05, 0.1) is 19.8 Å². The van der Waals surface area contributed by atoms with Gasteiger partial charge in [0.25, 0.3) is 0 Å². The van der Waals surface area contributed by atoms with E-state index in [9.17, 15) is 5.11 Å². The molecule has 88 valence electrons. The van der Waals surface area contributed by atoms with E-state index in [1.807, 2.05) is 30.3 Å². The van der Waals surface area contributed by atoms with Gasteiger partial charge >= 0.3 is 0 Å². The molecule has 16 heavy (non-hydrogen) atoms. The van der Waals surface area contributed by atoms with Crippen molar-refractivity contribution >= 4 is 0 Å². The zero-order valence-corrected chi connectivity index (χ0v) is 8.95. The highest BCUT2D eigenvalue weighted by molar-refractivity contribution is 5.13. The molecule has 1 aliphatic rings. The summed E-state index contributed by atoms with van der Waals surface area (Å²) in [6.07, 6.45) is -1.60. The van der Waals surface area contributed by atoms with Gasteiger partial charge in [0.15, 0.2) is 0 Å². The molecule has 0 amide bonds. The van der Waals surface area contributed by atoms with Crippen LogP contribution in [-0.4, -0.2) is 41.7 Å². The number of hydrogen-bond donors (Lipinski definition) is 2. The minimum atomic E-state index is -0.742. The van der Waals surface area contributed by atoms with Crippen molar-refractivity contribution in [2.45, 2.75) is 24.9 Å². The molecule has 0 spiro atoms. The first kappa shape index (κ1) is 11.5. The van der Waals surface area contributed by atoms with Crippen LogP contribution in [0.25, 0.3) is 0 Å². The van der Waals surface area contributed by atoms with Gasteiger partial charge < -0.3 is 19.7 Å². The topological polar surface area (TPSA) is 58.9 Å². The van der Waals surface area contributed by atoms with E-state index in [0.717, 1.165) is 5.56 Å². The lowest BCUT2D eigenvalue weighted by atomic mass is 10.1. The van der Waals surface area contributed by atoms with Crippen LogP contribution in [-0.2, 0) is 16.1 Å². The number of benzene rings is 1. The molecule has 0 bridgehead atoms. The molecule has 4 nitrogen and oxygen atoms in total. The molecule has 1 aromatic rings. The van der Waals surface area contributed by atoms with Crippen molar-refractivity contribution in [2.75, 3.05) is 13.2 Å². The molecule has 1 aliphatic heterocycles. The van der Waals surface area contributed by atoms with E-state index in [1.54, 1.807) is 0 Å². The summed E-state index contributed by atoms with van der Waals surface area (Å²) in [6.45, 7) is 0.607. The van der Waals surface area contributed by atoms with E-state index < -0.39 is 12.2 Å². The lowest BCUT2D eigenvalue weighted by Crippen LogP contribution is -2.33. The molecule has 3 atom stereocenters. The smallest absolute Gasteiger partial charge is 0.111 e. The van der Waals surface area contributed by atoms with Crippen LogP contribution in [0.3, 0.4) is 0 Å². The lowest BCUT2D eigenvalue weighted by Gasteiger charge is -2.16. The van der Waals surface area contributed by atoms with Gasteiger partial charge in [-0.3, -0.25) is 0 Å². The van der Waals surface area contributed by atoms with Crippen LogP contribution in [0.4, 0.5) is 0 Å². The second kappa shape index (κ2) is 5.41. The van der Waals surface area contributed by atoms with Gasteiger partial charge in [0, 0.05) is 0 Å². The molecule has 2 N–H and O–H groups in total. The summed E-state index contributed by atoms with van der Waals surface area (Å²) in [5.74, 6) is 0. The molecule has 0 saturated carbocycles. The van der Waals surface area contributed by atoms with E-state index in [1.165, 1.54) is 0 Å². The van der Waals surface area contributed by atoms with Crippen molar-refractivity contribution in [3.8, 4) is 0 Å². The van der Waals surface area contributed by atoms with Gasteiger partial charge in [-0.15, -0.1) is 0 Å². The Morgan fingerprint density at radius 3 is 2.69 bits per heavy atom. The van der Waals surface area contributed by atoms with Crippen LogP contribution in [0.1, 0.15) is 5.56 Å². The normalized spacial score (nSPS) is 29.5. The lowest BCUT2D eigenvalue weighted by molar-refractivity contribution is -0.0340. The standard InChI is InChI=1S/C12H16O4/c13-6-10-12(14)11(8-16-10)15-7-9-4-2-1-3-5-9/h1-5,10-14H,6-8H2/t10-,11-,12+/m1/s1. The maximum Gasteiger partial charge on any atom is 0.111 e. The number of aliphatic hydroxyl groups is 2. The van der Waals surface area contributed by atoms with Crippen LogP contribution in [0.15, 0.2) is 30.3 Å². The average molecular weight is 224 g/mol. The van der Waals surface area contributed by atoms with Gasteiger partial charge in [0.2, 0.25) is 0 Å². The predicted octanol–water partition coefficient (Wildman–Crippen LogP) is 0.324. The van der Waals surface area contributed by atoms with Gasteiger partial charge in [-0.2, -0.15) is 0 Å². The third kappa shape index (κ3) is 2.59. The molecule has 4 heteroatoms. The Hall–Kier alpha value is -0.940. The summed E-state index contributed by atoms with van der Waals surface area (Å²) in [5.41, 5.74) is 1.06. The minimum absolute atomic E-state index is 0.174. The molecule has 1 saturated heterocycles. The van der Waals surface area contributed by atoms with E-state index in [-0.39, 0.29) is 12.7 Å². The van der Waals surface area contributed by atoms with Gasteiger partial charge in [-0.05, 0) is 5.56 Å². The van der Waals surface area contributed by atoms with Crippen LogP contribution in [0, 0.1) is 0 Å². The Kier molecular flexibility index (Phi) is 3.90. The van der Waals surface area contributed by atoms with E-state index in [0.29, 0.717) is 13.2 Å². The molecule has 1 fully saturated rings. The Morgan fingerprint density at radius 1 is 1.31 bits per heavy atom. The van der Waals surface area contributed by atoms with Crippen molar-refractivity contribution in [3.63, 3.8) is 0 Å². The molecule has 1 aromatic carbocycles. The fourth-order valence-electron chi connectivity index (χ4n) is 1.74. The van der Waals surface area contributed by atoms with Crippen molar-refractivity contribution in [1.82, 2.24) is 0 Å². The Balaban J connectivity index is 1.83. The van der Waals surface area contributed by atoms with Gasteiger partial charge in [-0.25, -0.2) is 0 Å². The fourth-order valence-corrected chi connectivity index (χ4v) is 1.74. The highest BCUT2D eigenvalue weighted by Crippen LogP contribution is 2.18. The number of hydrogen-bond acceptors (Lipinski definition) is 4. The molecule has 2 rings (SSSR count). The van der Waals surface area contributed by atoms with Crippen LogP contribution in [0.2, 0.25) is 0 Å². The summed E-state index contributed by atoms with van der Waals surface area (Å²) in [7, 11) is 0. The third-order valence-corrected chi connectivity index (χ3v) is 2.72. The predicted molar refractivity (Wildman–Crippen MR) is 57.9 cm³/mol. The van der Waals surface area contributed by atoms with Gasteiger partial charge in [-0.1, -0.05) is 30.3 Å². The maximum absolute atomic E-state index is 9.72. The van der Waals surface area contributed by atoms with Crippen LogP contribution >= 0.6 is 0 Å². The van der Waals surface area contributed by atoms with Crippen molar-refractivity contribution in [2.24, 2.45) is 0 Å². The second-order valence-electron chi connectivity index (χ2n) is 3.88. The van der Waals surface area contributed by atoms with E-state index >= 15 is 0 Å².